The Morgan fingerprint density at radius 3 is 2.53 bits per heavy atom. The molecule has 1 saturated heterocycles. The Balaban J connectivity index is 2.55. The molecular weight excluding hydrogens is 230 g/mol. The van der Waals surface area contributed by atoms with Crippen molar-refractivity contribution >= 4 is 21.6 Å². The Kier molecular flexibility index (Phi) is 4.50. The van der Waals surface area contributed by atoms with E-state index in [9.17, 15) is 8.42 Å². The van der Waals surface area contributed by atoms with Crippen LogP contribution in [0.15, 0.2) is 0 Å². The van der Waals surface area contributed by atoms with Gasteiger partial charge in [-0.25, -0.2) is 8.42 Å². The molecule has 0 aliphatic carbocycles. The van der Waals surface area contributed by atoms with E-state index in [-0.39, 0.29) is 15.7 Å². The topological polar surface area (TPSA) is 60.2 Å². The monoisotopic (exact) mass is 251 g/mol. The van der Waals surface area contributed by atoms with Crippen LogP contribution in [0.2, 0.25) is 0 Å². The molecule has 0 bridgehead atoms. The maximum Gasteiger partial charge on any atom is 0.152 e. The molecule has 1 unspecified atom stereocenters. The van der Waals surface area contributed by atoms with Crippen molar-refractivity contribution < 1.29 is 8.42 Å². The van der Waals surface area contributed by atoms with Crippen molar-refractivity contribution in [1.29, 1.82) is 0 Å². The lowest BCUT2D eigenvalue weighted by molar-refractivity contribution is 0.536. The van der Waals surface area contributed by atoms with Crippen molar-refractivity contribution in [3.63, 3.8) is 0 Å². The van der Waals surface area contributed by atoms with Gasteiger partial charge in [-0.3, -0.25) is 0 Å². The first-order valence-electron chi connectivity index (χ1n) is 5.47. The largest absolute Gasteiger partial charge is 0.329 e. The average Bonchev–Trinajstić information content (AvgIpc) is 2.64. The molecule has 0 spiro atoms. The van der Waals surface area contributed by atoms with Gasteiger partial charge in [0.05, 0.1) is 11.0 Å². The fraction of sp³-hybridized carbons (Fsp3) is 1.00. The van der Waals surface area contributed by atoms with Gasteiger partial charge in [-0.1, -0.05) is 0 Å². The summed E-state index contributed by atoms with van der Waals surface area (Å²) < 4.78 is 23.4. The highest BCUT2D eigenvalue weighted by Crippen LogP contribution is 2.40. The van der Waals surface area contributed by atoms with Gasteiger partial charge in [0.2, 0.25) is 0 Å². The van der Waals surface area contributed by atoms with Crippen LogP contribution in [-0.2, 0) is 9.84 Å². The molecule has 0 aromatic heterocycles. The van der Waals surface area contributed by atoms with Crippen molar-refractivity contribution in [1.82, 2.24) is 0 Å². The summed E-state index contributed by atoms with van der Waals surface area (Å²) >= 11 is 1.85. The second kappa shape index (κ2) is 5.06. The van der Waals surface area contributed by atoms with Crippen LogP contribution in [0.4, 0.5) is 0 Å². The van der Waals surface area contributed by atoms with Gasteiger partial charge >= 0.3 is 0 Å². The molecule has 3 nitrogen and oxygen atoms in total. The summed E-state index contributed by atoms with van der Waals surface area (Å²) in [4.78, 5) is 0. The summed E-state index contributed by atoms with van der Waals surface area (Å²) in [7, 11) is -2.90. The van der Waals surface area contributed by atoms with E-state index in [0.29, 0.717) is 13.0 Å². The third kappa shape index (κ3) is 3.36. The number of thioether (sulfide) groups is 1. The first-order chi connectivity index (χ1) is 6.92. The van der Waals surface area contributed by atoms with Gasteiger partial charge in [0, 0.05) is 11.3 Å². The minimum Gasteiger partial charge on any atom is -0.329 e. The molecule has 90 valence electrons. The van der Waals surface area contributed by atoms with Crippen LogP contribution in [0.25, 0.3) is 0 Å². The van der Waals surface area contributed by atoms with Crippen LogP contribution in [0.1, 0.15) is 33.1 Å². The SMILES string of the molecule is CC(C)S(=O)(=O)CCC1(CN)CCCS1. The molecule has 5 heteroatoms. The van der Waals surface area contributed by atoms with Crippen molar-refractivity contribution in [2.75, 3.05) is 18.1 Å². The molecule has 1 atom stereocenters. The molecule has 0 aromatic rings. The highest BCUT2D eigenvalue weighted by molar-refractivity contribution is 8.01. The van der Waals surface area contributed by atoms with Crippen LogP contribution >= 0.6 is 11.8 Å². The van der Waals surface area contributed by atoms with Gasteiger partial charge in [-0.2, -0.15) is 11.8 Å². The maximum absolute atomic E-state index is 11.7. The highest BCUT2D eigenvalue weighted by Gasteiger charge is 2.34. The van der Waals surface area contributed by atoms with E-state index in [1.165, 1.54) is 6.42 Å². The van der Waals surface area contributed by atoms with Crippen LogP contribution in [-0.4, -0.2) is 36.5 Å². The molecule has 2 N–H and O–H groups in total. The molecular formula is C10H21NO2S2. The van der Waals surface area contributed by atoms with Crippen molar-refractivity contribution in [2.24, 2.45) is 5.73 Å². The summed E-state index contributed by atoms with van der Waals surface area (Å²) in [6.07, 6.45) is 2.96. The maximum atomic E-state index is 11.7. The Labute approximate surface area is 97.1 Å². The third-order valence-corrected chi connectivity index (χ3v) is 7.01. The lowest BCUT2D eigenvalue weighted by atomic mass is 10.0. The number of rotatable bonds is 5. The molecule has 1 aliphatic heterocycles. The van der Waals surface area contributed by atoms with Gasteiger partial charge in [0.1, 0.15) is 0 Å². The summed E-state index contributed by atoms with van der Waals surface area (Å²) in [5.74, 6) is 1.41. The molecule has 0 aromatic carbocycles. The van der Waals surface area contributed by atoms with E-state index in [1.807, 2.05) is 11.8 Å². The van der Waals surface area contributed by atoms with Gasteiger partial charge < -0.3 is 5.73 Å². The van der Waals surface area contributed by atoms with Gasteiger partial charge in [-0.15, -0.1) is 0 Å². The summed E-state index contributed by atoms with van der Waals surface area (Å²) in [5, 5.41) is -0.265. The zero-order chi connectivity index (χ0) is 11.5. The van der Waals surface area contributed by atoms with E-state index in [1.54, 1.807) is 13.8 Å². The minimum absolute atomic E-state index is 0.0436. The zero-order valence-electron chi connectivity index (χ0n) is 9.53. The number of nitrogens with two attached hydrogens (primary N) is 1. The fourth-order valence-corrected chi connectivity index (χ4v) is 4.43. The summed E-state index contributed by atoms with van der Waals surface area (Å²) in [6, 6.07) is 0. The minimum atomic E-state index is -2.90. The van der Waals surface area contributed by atoms with E-state index in [4.69, 9.17) is 5.73 Å². The molecule has 1 heterocycles. The van der Waals surface area contributed by atoms with Crippen molar-refractivity contribution in [3.05, 3.63) is 0 Å². The van der Waals surface area contributed by atoms with Crippen molar-refractivity contribution in [2.45, 2.75) is 43.1 Å². The Hall–Kier alpha value is 0.260. The number of hydrogen-bond acceptors (Lipinski definition) is 4. The zero-order valence-corrected chi connectivity index (χ0v) is 11.2. The van der Waals surface area contributed by atoms with Crippen LogP contribution < -0.4 is 5.73 Å². The smallest absolute Gasteiger partial charge is 0.152 e. The Bertz CT molecular complexity index is 293. The highest BCUT2D eigenvalue weighted by atomic mass is 32.2. The predicted octanol–water partition coefficient (Wildman–Crippen LogP) is 1.42. The number of hydrogen-bond donors (Lipinski definition) is 1. The number of sulfone groups is 1. The van der Waals surface area contributed by atoms with Crippen LogP contribution in [0, 0.1) is 0 Å². The quantitative estimate of drug-likeness (QED) is 0.803. The van der Waals surface area contributed by atoms with E-state index >= 15 is 0 Å². The molecule has 1 fully saturated rings. The van der Waals surface area contributed by atoms with Gasteiger partial charge in [-0.05, 0) is 38.9 Å². The van der Waals surface area contributed by atoms with Crippen LogP contribution in [0.3, 0.4) is 0 Å². The molecule has 0 amide bonds. The van der Waals surface area contributed by atoms with E-state index < -0.39 is 9.84 Å². The third-order valence-electron chi connectivity index (χ3n) is 3.12. The molecule has 0 radical (unpaired) electrons. The van der Waals surface area contributed by atoms with Gasteiger partial charge in [0.25, 0.3) is 0 Å². The van der Waals surface area contributed by atoms with Crippen LogP contribution in [0.5, 0.6) is 0 Å². The Morgan fingerprint density at radius 2 is 2.13 bits per heavy atom. The second-order valence-corrected chi connectivity index (χ2v) is 8.74. The lowest BCUT2D eigenvalue weighted by Crippen LogP contribution is -2.35. The fourth-order valence-electron chi connectivity index (χ4n) is 1.78. The normalized spacial score (nSPS) is 27.5. The first-order valence-corrected chi connectivity index (χ1v) is 8.18. The van der Waals surface area contributed by atoms with Crippen molar-refractivity contribution in [3.8, 4) is 0 Å². The predicted molar refractivity (Wildman–Crippen MR) is 67.0 cm³/mol. The van der Waals surface area contributed by atoms with E-state index in [0.717, 1.165) is 12.2 Å². The Morgan fingerprint density at radius 1 is 1.47 bits per heavy atom. The molecule has 0 saturated carbocycles. The molecule has 1 rings (SSSR count). The molecule has 1 aliphatic rings. The van der Waals surface area contributed by atoms with E-state index in [2.05, 4.69) is 0 Å². The van der Waals surface area contributed by atoms with Gasteiger partial charge in [0.15, 0.2) is 9.84 Å². The second-order valence-electron chi connectivity index (χ2n) is 4.50. The summed E-state index contributed by atoms with van der Waals surface area (Å²) in [5.41, 5.74) is 5.76. The first kappa shape index (κ1) is 13.3. The molecule has 15 heavy (non-hydrogen) atoms. The average molecular weight is 251 g/mol. The summed E-state index contributed by atoms with van der Waals surface area (Å²) in [6.45, 7) is 4.09. The standard InChI is InChI=1S/C10H21NO2S2/c1-9(2)15(12,13)7-5-10(8-11)4-3-6-14-10/h9H,3-8,11H2,1-2H3. The lowest BCUT2D eigenvalue weighted by Gasteiger charge is -2.26.